The van der Waals surface area contributed by atoms with E-state index in [2.05, 4.69) is 17.6 Å². The topological polar surface area (TPSA) is 59.6 Å². The number of urea groups is 1. The van der Waals surface area contributed by atoms with E-state index in [1.807, 2.05) is 0 Å². The van der Waals surface area contributed by atoms with Gasteiger partial charge in [-0.25, -0.2) is 4.79 Å². The number of carbonyl (C=O) groups excluding carboxylic acids is 1. The zero-order valence-corrected chi connectivity index (χ0v) is 12.9. The monoisotopic (exact) mass is 292 g/mol. The first kappa shape index (κ1) is 15.5. The molecular weight excluding hydrogens is 268 g/mol. The molecule has 5 heteroatoms. The number of amides is 2. The van der Waals surface area contributed by atoms with Crippen LogP contribution in [0.25, 0.3) is 0 Å². The molecule has 2 unspecified atom stereocenters. The van der Waals surface area contributed by atoms with Gasteiger partial charge in [0, 0.05) is 29.9 Å². The van der Waals surface area contributed by atoms with Crippen molar-refractivity contribution in [3.05, 3.63) is 18.2 Å². The third kappa shape index (κ3) is 4.28. The van der Waals surface area contributed by atoms with Crippen LogP contribution in [-0.4, -0.2) is 26.3 Å². The summed E-state index contributed by atoms with van der Waals surface area (Å²) in [5.41, 5.74) is 0.659. The zero-order valence-electron chi connectivity index (χ0n) is 12.9. The Balaban J connectivity index is 1.98. The summed E-state index contributed by atoms with van der Waals surface area (Å²) in [5, 5.41) is 5.91. The molecule has 1 aromatic carbocycles. The Bertz CT molecular complexity index is 468. The Hall–Kier alpha value is -1.91. The minimum Gasteiger partial charge on any atom is -0.497 e. The van der Waals surface area contributed by atoms with E-state index in [1.54, 1.807) is 32.4 Å². The van der Waals surface area contributed by atoms with Crippen LogP contribution in [0.15, 0.2) is 18.2 Å². The van der Waals surface area contributed by atoms with Gasteiger partial charge in [-0.15, -0.1) is 0 Å². The summed E-state index contributed by atoms with van der Waals surface area (Å²) < 4.78 is 10.4. The molecular formula is C16H24N2O3. The molecule has 1 saturated carbocycles. The highest BCUT2D eigenvalue weighted by atomic mass is 16.5. The molecule has 0 aliphatic heterocycles. The highest BCUT2D eigenvalue weighted by Crippen LogP contribution is 2.26. The number of ether oxygens (including phenoxy) is 2. The number of rotatable bonds is 4. The van der Waals surface area contributed by atoms with E-state index in [0.717, 1.165) is 6.42 Å². The fourth-order valence-electron chi connectivity index (χ4n) is 2.75. The molecule has 5 nitrogen and oxygen atoms in total. The quantitative estimate of drug-likeness (QED) is 0.894. The van der Waals surface area contributed by atoms with Crippen molar-refractivity contribution in [1.82, 2.24) is 5.32 Å². The molecule has 2 rings (SSSR count). The normalized spacial score (nSPS) is 21.5. The Kier molecular flexibility index (Phi) is 5.31. The van der Waals surface area contributed by atoms with Gasteiger partial charge in [0.25, 0.3) is 0 Å². The molecule has 0 radical (unpaired) electrons. The van der Waals surface area contributed by atoms with Gasteiger partial charge in [-0.3, -0.25) is 0 Å². The lowest BCUT2D eigenvalue weighted by Gasteiger charge is -2.29. The summed E-state index contributed by atoms with van der Waals surface area (Å²) in [6, 6.07) is 5.39. The van der Waals surface area contributed by atoms with Crippen LogP contribution in [0, 0.1) is 5.92 Å². The predicted molar refractivity (Wildman–Crippen MR) is 83.1 cm³/mol. The van der Waals surface area contributed by atoms with Crippen molar-refractivity contribution in [1.29, 1.82) is 0 Å². The molecule has 0 bridgehead atoms. The highest BCUT2D eigenvalue weighted by Gasteiger charge is 2.22. The van der Waals surface area contributed by atoms with Crippen molar-refractivity contribution in [3.63, 3.8) is 0 Å². The highest BCUT2D eigenvalue weighted by molar-refractivity contribution is 5.90. The molecule has 1 aliphatic rings. The van der Waals surface area contributed by atoms with E-state index < -0.39 is 0 Å². The van der Waals surface area contributed by atoms with E-state index in [4.69, 9.17) is 9.47 Å². The molecule has 2 atom stereocenters. The Labute approximate surface area is 126 Å². The van der Waals surface area contributed by atoms with E-state index in [-0.39, 0.29) is 12.1 Å². The first-order chi connectivity index (χ1) is 10.1. The van der Waals surface area contributed by atoms with Gasteiger partial charge >= 0.3 is 6.03 Å². The van der Waals surface area contributed by atoms with E-state index in [1.165, 1.54) is 19.3 Å². The third-order valence-corrected chi connectivity index (χ3v) is 4.04. The average Bonchev–Trinajstić information content (AvgIpc) is 2.49. The summed E-state index contributed by atoms with van der Waals surface area (Å²) in [6.45, 7) is 2.19. The van der Waals surface area contributed by atoms with Crippen molar-refractivity contribution in [2.75, 3.05) is 19.5 Å². The minimum absolute atomic E-state index is 0.177. The smallest absolute Gasteiger partial charge is 0.319 e. The maximum Gasteiger partial charge on any atom is 0.319 e. The first-order valence-electron chi connectivity index (χ1n) is 7.43. The summed E-state index contributed by atoms with van der Waals surface area (Å²) in [4.78, 5) is 12.1. The minimum atomic E-state index is -0.177. The van der Waals surface area contributed by atoms with Crippen LogP contribution in [0.4, 0.5) is 10.5 Å². The molecule has 0 heterocycles. The number of hydrogen-bond acceptors (Lipinski definition) is 3. The summed E-state index contributed by atoms with van der Waals surface area (Å²) in [7, 11) is 3.17. The van der Waals surface area contributed by atoms with Crippen LogP contribution in [0.2, 0.25) is 0 Å². The second kappa shape index (κ2) is 7.20. The van der Waals surface area contributed by atoms with Crippen LogP contribution < -0.4 is 20.1 Å². The molecule has 1 aliphatic carbocycles. The number of hydrogen-bond donors (Lipinski definition) is 2. The lowest BCUT2D eigenvalue weighted by atomic mass is 9.86. The Morgan fingerprint density at radius 3 is 2.29 bits per heavy atom. The molecule has 2 N–H and O–H groups in total. The second-order valence-corrected chi connectivity index (χ2v) is 5.57. The fraction of sp³-hybridized carbons (Fsp3) is 0.562. The lowest BCUT2D eigenvalue weighted by Crippen LogP contribution is -2.43. The molecule has 21 heavy (non-hydrogen) atoms. The van der Waals surface area contributed by atoms with Gasteiger partial charge in [0.15, 0.2) is 0 Å². The summed E-state index contributed by atoms with van der Waals surface area (Å²) in [6.07, 6.45) is 4.67. The summed E-state index contributed by atoms with van der Waals surface area (Å²) in [5.74, 6) is 1.83. The van der Waals surface area contributed by atoms with Gasteiger partial charge in [-0.1, -0.05) is 19.8 Å². The number of anilines is 1. The Morgan fingerprint density at radius 1 is 1.10 bits per heavy atom. The van der Waals surface area contributed by atoms with Gasteiger partial charge < -0.3 is 20.1 Å². The molecule has 0 aromatic heterocycles. The van der Waals surface area contributed by atoms with Crippen molar-refractivity contribution < 1.29 is 14.3 Å². The Morgan fingerprint density at radius 2 is 1.71 bits per heavy atom. The second-order valence-electron chi connectivity index (χ2n) is 5.57. The lowest BCUT2D eigenvalue weighted by molar-refractivity contribution is 0.232. The maximum atomic E-state index is 12.1. The van der Waals surface area contributed by atoms with Gasteiger partial charge in [-0.2, -0.15) is 0 Å². The van der Waals surface area contributed by atoms with Gasteiger partial charge in [0.2, 0.25) is 0 Å². The van der Waals surface area contributed by atoms with Crippen molar-refractivity contribution in [3.8, 4) is 11.5 Å². The fourth-order valence-corrected chi connectivity index (χ4v) is 2.75. The number of nitrogens with one attached hydrogen (secondary N) is 2. The van der Waals surface area contributed by atoms with Gasteiger partial charge in [0.1, 0.15) is 11.5 Å². The molecule has 2 amide bonds. The predicted octanol–water partition coefficient (Wildman–Crippen LogP) is 3.40. The van der Waals surface area contributed by atoms with Crippen LogP contribution in [0.3, 0.4) is 0 Å². The standard InChI is InChI=1S/C16H24N2O3/c1-11-6-4-5-7-15(11)18-16(19)17-12-8-13(20-2)10-14(9-12)21-3/h8-11,15H,4-7H2,1-3H3,(H2,17,18,19). The number of carbonyl (C=O) groups is 1. The average molecular weight is 292 g/mol. The number of methoxy groups -OCH3 is 2. The van der Waals surface area contributed by atoms with Gasteiger partial charge in [0.05, 0.1) is 14.2 Å². The van der Waals surface area contributed by atoms with E-state index in [9.17, 15) is 4.79 Å². The van der Waals surface area contributed by atoms with E-state index in [0.29, 0.717) is 23.1 Å². The first-order valence-corrected chi connectivity index (χ1v) is 7.43. The third-order valence-electron chi connectivity index (χ3n) is 4.04. The van der Waals surface area contributed by atoms with Crippen LogP contribution in [0.1, 0.15) is 32.6 Å². The molecule has 1 aromatic rings. The molecule has 116 valence electrons. The molecule has 1 fully saturated rings. The summed E-state index contributed by atoms with van der Waals surface area (Å²) >= 11 is 0. The zero-order chi connectivity index (χ0) is 15.2. The molecule has 0 saturated heterocycles. The van der Waals surface area contributed by atoms with Crippen molar-refractivity contribution >= 4 is 11.7 Å². The number of benzene rings is 1. The molecule has 0 spiro atoms. The van der Waals surface area contributed by atoms with Crippen LogP contribution >= 0.6 is 0 Å². The SMILES string of the molecule is COc1cc(NC(=O)NC2CCCCC2C)cc(OC)c1. The maximum absolute atomic E-state index is 12.1. The van der Waals surface area contributed by atoms with Gasteiger partial charge in [-0.05, 0) is 18.8 Å². The van der Waals surface area contributed by atoms with Crippen LogP contribution in [0.5, 0.6) is 11.5 Å². The van der Waals surface area contributed by atoms with Crippen molar-refractivity contribution in [2.45, 2.75) is 38.6 Å². The largest absolute Gasteiger partial charge is 0.497 e. The van der Waals surface area contributed by atoms with Crippen molar-refractivity contribution in [2.24, 2.45) is 5.92 Å². The van der Waals surface area contributed by atoms with E-state index >= 15 is 0 Å². The van der Waals surface area contributed by atoms with Crippen LogP contribution in [-0.2, 0) is 0 Å².